The second kappa shape index (κ2) is 5.85. The maximum Gasteiger partial charge on any atom is 0.267 e. The summed E-state index contributed by atoms with van der Waals surface area (Å²) >= 11 is 5.99. The number of nitrogens with one attached hydrogen (secondary N) is 1. The molecule has 0 fully saturated rings. The van der Waals surface area contributed by atoms with Gasteiger partial charge in [-0.1, -0.05) is 29.8 Å². The predicted molar refractivity (Wildman–Crippen MR) is 93.9 cm³/mol. The van der Waals surface area contributed by atoms with Crippen molar-refractivity contribution in [3.05, 3.63) is 59.2 Å². The van der Waals surface area contributed by atoms with Crippen LogP contribution in [-0.4, -0.2) is 26.4 Å². The largest absolute Gasteiger partial charge is 0.364 e. The molecule has 1 aromatic heterocycles. The summed E-state index contributed by atoms with van der Waals surface area (Å²) in [6.07, 6.45) is 0. The van der Waals surface area contributed by atoms with Crippen LogP contribution in [-0.2, 0) is 10.0 Å². The van der Waals surface area contributed by atoms with Crippen LogP contribution in [0, 0.1) is 0 Å². The van der Waals surface area contributed by atoms with E-state index in [4.69, 9.17) is 17.3 Å². The average Bonchev–Trinajstić information content (AvgIpc) is 2.94. The Balaban J connectivity index is 2.29. The number of aromatic amines is 1. The molecule has 1 amide bonds. The van der Waals surface area contributed by atoms with E-state index in [9.17, 15) is 13.2 Å². The highest BCUT2D eigenvalue weighted by atomic mass is 35.5. The molecule has 0 saturated carbocycles. The van der Waals surface area contributed by atoms with Gasteiger partial charge in [0.05, 0.1) is 5.69 Å². The van der Waals surface area contributed by atoms with Gasteiger partial charge < -0.3 is 10.7 Å². The third kappa shape index (κ3) is 2.61. The van der Waals surface area contributed by atoms with Crippen molar-refractivity contribution < 1.29 is 13.2 Å². The first kappa shape index (κ1) is 16.4. The number of anilines is 1. The van der Waals surface area contributed by atoms with Gasteiger partial charge in [0, 0.05) is 23.0 Å². The molecule has 124 valence electrons. The van der Waals surface area contributed by atoms with Gasteiger partial charge in [-0.05, 0) is 30.3 Å². The highest BCUT2D eigenvalue weighted by molar-refractivity contribution is 7.93. The summed E-state index contributed by atoms with van der Waals surface area (Å²) in [6, 6.07) is 13.2. The van der Waals surface area contributed by atoms with Crippen LogP contribution in [0.25, 0.3) is 10.9 Å². The molecule has 1 heterocycles. The first-order valence-electron chi connectivity index (χ1n) is 6.97. The highest BCUT2D eigenvalue weighted by Crippen LogP contribution is 2.32. The van der Waals surface area contributed by atoms with Crippen LogP contribution in [0.1, 0.15) is 10.5 Å². The maximum absolute atomic E-state index is 13.1. The Hall–Kier alpha value is -2.51. The Bertz CT molecular complexity index is 1030. The lowest BCUT2D eigenvalue weighted by Gasteiger charge is -2.19. The van der Waals surface area contributed by atoms with E-state index in [1.807, 2.05) is 0 Å². The van der Waals surface area contributed by atoms with E-state index in [0.29, 0.717) is 21.6 Å². The number of primary amides is 1. The number of carbonyl (C=O) groups excluding carboxylic acids is 1. The van der Waals surface area contributed by atoms with Crippen LogP contribution >= 0.6 is 11.6 Å². The van der Waals surface area contributed by atoms with Gasteiger partial charge in [0.25, 0.3) is 15.9 Å². The summed E-state index contributed by atoms with van der Waals surface area (Å²) in [5.41, 5.74) is 6.12. The molecule has 6 nitrogen and oxygen atoms in total. The lowest BCUT2D eigenvalue weighted by atomic mass is 10.2. The normalized spacial score (nSPS) is 11.6. The minimum Gasteiger partial charge on any atom is -0.364 e. The number of halogens is 1. The second-order valence-corrected chi connectivity index (χ2v) is 7.53. The van der Waals surface area contributed by atoms with Crippen LogP contribution in [0.3, 0.4) is 0 Å². The summed E-state index contributed by atoms with van der Waals surface area (Å²) in [6.45, 7) is 0. The molecule has 0 unspecified atom stereocenters. The van der Waals surface area contributed by atoms with E-state index in [-0.39, 0.29) is 10.6 Å². The van der Waals surface area contributed by atoms with Gasteiger partial charge in [0.2, 0.25) is 0 Å². The SMILES string of the molecule is CN(c1ccccc1)S(=O)(=O)c1c(C(N)=O)[nH]c2ccc(Cl)cc12. The predicted octanol–water partition coefficient (Wildman–Crippen LogP) is 2.75. The van der Waals surface area contributed by atoms with Crippen LogP contribution in [0.4, 0.5) is 5.69 Å². The van der Waals surface area contributed by atoms with E-state index in [1.165, 1.54) is 13.1 Å². The Labute approximate surface area is 143 Å². The lowest BCUT2D eigenvalue weighted by Crippen LogP contribution is -2.28. The first-order valence-corrected chi connectivity index (χ1v) is 8.79. The number of rotatable bonds is 4. The van der Waals surface area contributed by atoms with Gasteiger partial charge in [-0.3, -0.25) is 9.10 Å². The van der Waals surface area contributed by atoms with Crippen LogP contribution in [0.5, 0.6) is 0 Å². The minimum atomic E-state index is -4.03. The maximum atomic E-state index is 13.1. The zero-order valence-corrected chi connectivity index (χ0v) is 14.2. The summed E-state index contributed by atoms with van der Waals surface area (Å²) in [4.78, 5) is 14.3. The number of fused-ring (bicyclic) bond motifs is 1. The second-order valence-electron chi connectivity index (χ2n) is 5.19. The Kier molecular flexibility index (Phi) is 3.98. The van der Waals surface area contributed by atoms with Gasteiger partial charge in [-0.15, -0.1) is 0 Å². The number of nitrogens with zero attached hydrogens (tertiary/aromatic N) is 1. The molecule has 2 aromatic carbocycles. The van der Waals surface area contributed by atoms with Crippen LogP contribution < -0.4 is 10.0 Å². The third-order valence-corrected chi connectivity index (χ3v) is 5.80. The number of para-hydroxylation sites is 1. The molecule has 0 atom stereocenters. The Morgan fingerprint density at radius 1 is 1.17 bits per heavy atom. The fourth-order valence-corrected chi connectivity index (χ4v) is 4.20. The molecule has 0 aliphatic rings. The van der Waals surface area contributed by atoms with Gasteiger partial charge in [-0.2, -0.15) is 0 Å². The molecule has 0 spiro atoms. The first-order chi connectivity index (χ1) is 11.3. The zero-order valence-electron chi connectivity index (χ0n) is 12.7. The van der Waals surface area contributed by atoms with Gasteiger partial charge in [0.1, 0.15) is 10.6 Å². The van der Waals surface area contributed by atoms with Crippen molar-refractivity contribution in [2.45, 2.75) is 4.90 Å². The molecule has 0 saturated heterocycles. The molecule has 0 aliphatic carbocycles. The molecular formula is C16H14ClN3O3S. The third-order valence-electron chi connectivity index (χ3n) is 3.70. The number of hydrogen-bond acceptors (Lipinski definition) is 3. The number of benzene rings is 2. The van der Waals surface area contributed by atoms with Crippen molar-refractivity contribution in [1.82, 2.24) is 4.98 Å². The smallest absolute Gasteiger partial charge is 0.267 e. The molecule has 8 heteroatoms. The quantitative estimate of drug-likeness (QED) is 0.745. The number of H-pyrrole nitrogens is 1. The molecule has 0 aliphatic heterocycles. The average molecular weight is 364 g/mol. The van der Waals surface area contributed by atoms with Crippen molar-refractivity contribution in [2.24, 2.45) is 5.73 Å². The van der Waals surface area contributed by atoms with Crippen LogP contribution in [0.15, 0.2) is 53.4 Å². The van der Waals surface area contributed by atoms with Gasteiger partial charge in [-0.25, -0.2) is 8.42 Å². The van der Waals surface area contributed by atoms with Crippen molar-refractivity contribution in [1.29, 1.82) is 0 Å². The number of carbonyl (C=O) groups is 1. The van der Waals surface area contributed by atoms with Crippen molar-refractivity contribution >= 4 is 44.1 Å². The Morgan fingerprint density at radius 2 is 1.83 bits per heavy atom. The molecule has 3 N–H and O–H groups in total. The number of aromatic nitrogens is 1. The van der Waals surface area contributed by atoms with Gasteiger partial charge >= 0.3 is 0 Å². The fourth-order valence-electron chi connectivity index (χ4n) is 2.49. The van der Waals surface area contributed by atoms with E-state index < -0.39 is 15.9 Å². The summed E-state index contributed by atoms with van der Waals surface area (Å²) in [7, 11) is -2.61. The molecule has 24 heavy (non-hydrogen) atoms. The summed E-state index contributed by atoms with van der Waals surface area (Å²) < 4.78 is 27.3. The highest BCUT2D eigenvalue weighted by Gasteiger charge is 2.30. The number of sulfonamides is 1. The number of amides is 1. The topological polar surface area (TPSA) is 96.3 Å². The van der Waals surface area contributed by atoms with Crippen molar-refractivity contribution in [2.75, 3.05) is 11.4 Å². The van der Waals surface area contributed by atoms with Crippen molar-refractivity contribution in [3.8, 4) is 0 Å². The van der Waals surface area contributed by atoms with Crippen LogP contribution in [0.2, 0.25) is 5.02 Å². The summed E-state index contributed by atoms with van der Waals surface area (Å²) in [5, 5.41) is 0.676. The minimum absolute atomic E-state index is 0.171. The van der Waals surface area contributed by atoms with E-state index in [1.54, 1.807) is 42.5 Å². The van der Waals surface area contributed by atoms with E-state index in [0.717, 1.165) is 4.31 Å². The van der Waals surface area contributed by atoms with E-state index >= 15 is 0 Å². The molecule has 3 aromatic rings. The standard InChI is InChI=1S/C16H14ClN3O3S/c1-20(11-5-3-2-4-6-11)24(22,23)15-12-9-10(17)7-8-13(12)19-14(15)16(18)21/h2-9,19H,1H3,(H2,18,21). The number of hydrogen-bond donors (Lipinski definition) is 2. The molecule has 0 bridgehead atoms. The zero-order chi connectivity index (χ0) is 17.5. The molecule has 3 rings (SSSR count). The fraction of sp³-hybridized carbons (Fsp3) is 0.0625. The Morgan fingerprint density at radius 3 is 2.46 bits per heavy atom. The van der Waals surface area contributed by atoms with Crippen molar-refractivity contribution in [3.63, 3.8) is 0 Å². The monoisotopic (exact) mass is 363 g/mol. The summed E-state index contributed by atoms with van der Waals surface area (Å²) in [5.74, 6) is -0.859. The lowest BCUT2D eigenvalue weighted by molar-refractivity contribution is 0.0993. The van der Waals surface area contributed by atoms with Gasteiger partial charge in [0.15, 0.2) is 0 Å². The molecular weight excluding hydrogens is 350 g/mol. The number of nitrogens with two attached hydrogens (primary N) is 1. The van der Waals surface area contributed by atoms with E-state index in [2.05, 4.69) is 4.98 Å². The molecule has 0 radical (unpaired) electrons.